The lowest BCUT2D eigenvalue weighted by atomic mass is 10.2. The fourth-order valence-corrected chi connectivity index (χ4v) is 2.03. The highest BCUT2D eigenvalue weighted by molar-refractivity contribution is 5.71. The van der Waals surface area contributed by atoms with E-state index in [0.29, 0.717) is 17.4 Å². The number of ether oxygens (including phenoxy) is 1. The van der Waals surface area contributed by atoms with Crippen LogP contribution in [0.3, 0.4) is 0 Å². The summed E-state index contributed by atoms with van der Waals surface area (Å²) in [5.74, 6) is 7.13. The zero-order valence-corrected chi connectivity index (χ0v) is 11.9. The predicted molar refractivity (Wildman–Crippen MR) is 80.3 cm³/mol. The number of hydrazine groups is 1. The standard InChI is InChI=1S/C14H19N5O/c1-4-19(11-7-5-10(2)6-8-11)14-12(20-3)13(18-15)16-9-17-14/h5-9H,4,15H2,1-3H3,(H,16,17,18). The molecule has 0 fully saturated rings. The van der Waals surface area contributed by atoms with E-state index < -0.39 is 0 Å². The van der Waals surface area contributed by atoms with Crippen molar-refractivity contribution in [2.24, 2.45) is 5.84 Å². The topological polar surface area (TPSA) is 76.3 Å². The summed E-state index contributed by atoms with van der Waals surface area (Å²) in [6.45, 7) is 4.86. The highest BCUT2D eigenvalue weighted by atomic mass is 16.5. The molecule has 2 rings (SSSR count). The first-order chi connectivity index (χ1) is 9.71. The number of nitrogens with one attached hydrogen (secondary N) is 1. The van der Waals surface area contributed by atoms with Crippen LogP contribution in [0.15, 0.2) is 30.6 Å². The molecule has 1 aromatic carbocycles. The quantitative estimate of drug-likeness (QED) is 0.642. The molecule has 2 aromatic rings. The van der Waals surface area contributed by atoms with E-state index in [-0.39, 0.29) is 0 Å². The summed E-state index contributed by atoms with van der Waals surface area (Å²) in [4.78, 5) is 10.4. The maximum Gasteiger partial charge on any atom is 0.206 e. The lowest BCUT2D eigenvalue weighted by molar-refractivity contribution is 0.413. The number of hydrogen-bond donors (Lipinski definition) is 2. The highest BCUT2D eigenvalue weighted by Crippen LogP contribution is 2.35. The Balaban J connectivity index is 2.49. The third-order valence-electron chi connectivity index (χ3n) is 3.04. The fraction of sp³-hybridized carbons (Fsp3) is 0.286. The molecule has 0 saturated heterocycles. The van der Waals surface area contributed by atoms with Gasteiger partial charge in [-0.3, -0.25) is 0 Å². The summed E-state index contributed by atoms with van der Waals surface area (Å²) >= 11 is 0. The van der Waals surface area contributed by atoms with Gasteiger partial charge in [0.25, 0.3) is 0 Å². The Morgan fingerprint density at radius 2 is 1.95 bits per heavy atom. The van der Waals surface area contributed by atoms with Crippen LogP contribution in [0.4, 0.5) is 17.3 Å². The van der Waals surface area contributed by atoms with Crippen LogP contribution in [-0.4, -0.2) is 23.6 Å². The Labute approximate surface area is 118 Å². The molecule has 0 aliphatic heterocycles. The van der Waals surface area contributed by atoms with Crippen LogP contribution >= 0.6 is 0 Å². The number of nitrogens with zero attached hydrogens (tertiary/aromatic N) is 3. The third-order valence-corrected chi connectivity index (χ3v) is 3.04. The van der Waals surface area contributed by atoms with Crippen molar-refractivity contribution in [1.82, 2.24) is 9.97 Å². The molecule has 3 N–H and O–H groups in total. The summed E-state index contributed by atoms with van der Waals surface area (Å²) in [5.41, 5.74) is 4.78. The van der Waals surface area contributed by atoms with Gasteiger partial charge in [-0.2, -0.15) is 0 Å². The molecule has 1 aromatic heterocycles. The Bertz CT molecular complexity index is 570. The van der Waals surface area contributed by atoms with Crippen LogP contribution in [0.1, 0.15) is 12.5 Å². The zero-order valence-electron chi connectivity index (χ0n) is 11.9. The van der Waals surface area contributed by atoms with Gasteiger partial charge in [0, 0.05) is 12.2 Å². The maximum absolute atomic E-state index is 5.46. The monoisotopic (exact) mass is 273 g/mol. The minimum Gasteiger partial charge on any atom is -0.490 e. The largest absolute Gasteiger partial charge is 0.490 e. The molecule has 6 heteroatoms. The number of anilines is 3. The van der Waals surface area contributed by atoms with E-state index in [0.717, 1.165) is 12.2 Å². The zero-order chi connectivity index (χ0) is 14.5. The van der Waals surface area contributed by atoms with Crippen molar-refractivity contribution in [1.29, 1.82) is 0 Å². The first-order valence-electron chi connectivity index (χ1n) is 6.41. The van der Waals surface area contributed by atoms with Gasteiger partial charge in [-0.15, -0.1) is 0 Å². The van der Waals surface area contributed by atoms with Crippen LogP contribution in [0.25, 0.3) is 0 Å². The number of rotatable bonds is 5. The van der Waals surface area contributed by atoms with Crippen LogP contribution in [0.2, 0.25) is 0 Å². The van der Waals surface area contributed by atoms with Crippen molar-refractivity contribution in [3.8, 4) is 5.75 Å². The van der Waals surface area contributed by atoms with Crippen molar-refractivity contribution in [3.63, 3.8) is 0 Å². The van der Waals surface area contributed by atoms with Gasteiger partial charge in [-0.1, -0.05) is 17.7 Å². The minimum atomic E-state index is 0.461. The van der Waals surface area contributed by atoms with Gasteiger partial charge in [-0.05, 0) is 26.0 Å². The van der Waals surface area contributed by atoms with Crippen LogP contribution < -0.4 is 20.9 Å². The molecule has 20 heavy (non-hydrogen) atoms. The minimum absolute atomic E-state index is 0.461. The second-order valence-corrected chi connectivity index (χ2v) is 4.30. The second kappa shape index (κ2) is 6.21. The lowest BCUT2D eigenvalue weighted by Gasteiger charge is -2.24. The molecular formula is C14H19N5O. The van der Waals surface area contributed by atoms with E-state index in [1.807, 2.05) is 4.90 Å². The summed E-state index contributed by atoms with van der Waals surface area (Å²) in [6.07, 6.45) is 1.46. The first kappa shape index (κ1) is 14.1. The van der Waals surface area contributed by atoms with Crippen LogP contribution in [-0.2, 0) is 0 Å². The summed E-state index contributed by atoms with van der Waals surface area (Å²) in [5, 5.41) is 0. The van der Waals surface area contributed by atoms with Crippen molar-refractivity contribution in [2.75, 3.05) is 24.0 Å². The van der Waals surface area contributed by atoms with E-state index in [1.165, 1.54) is 11.9 Å². The molecule has 0 bridgehead atoms. The Morgan fingerprint density at radius 1 is 1.25 bits per heavy atom. The normalized spacial score (nSPS) is 10.2. The van der Waals surface area contributed by atoms with Crippen molar-refractivity contribution >= 4 is 17.3 Å². The molecule has 6 nitrogen and oxygen atoms in total. The average Bonchev–Trinajstić information content (AvgIpc) is 2.49. The molecule has 0 radical (unpaired) electrons. The highest BCUT2D eigenvalue weighted by Gasteiger charge is 2.18. The van der Waals surface area contributed by atoms with Crippen LogP contribution in [0, 0.1) is 6.92 Å². The Hall–Kier alpha value is -2.34. The predicted octanol–water partition coefficient (Wildman–Crippen LogP) is 2.24. The number of benzene rings is 1. The van der Waals surface area contributed by atoms with E-state index in [1.54, 1.807) is 7.11 Å². The lowest BCUT2D eigenvalue weighted by Crippen LogP contribution is -2.20. The summed E-state index contributed by atoms with van der Waals surface area (Å²) in [7, 11) is 1.58. The van der Waals surface area contributed by atoms with Crippen LogP contribution in [0.5, 0.6) is 5.75 Å². The maximum atomic E-state index is 5.46. The van der Waals surface area contributed by atoms with Gasteiger partial charge in [0.05, 0.1) is 7.11 Å². The number of aryl methyl sites for hydroxylation is 1. The van der Waals surface area contributed by atoms with E-state index in [4.69, 9.17) is 10.6 Å². The van der Waals surface area contributed by atoms with Gasteiger partial charge in [0.2, 0.25) is 5.75 Å². The van der Waals surface area contributed by atoms with Gasteiger partial charge in [0.15, 0.2) is 11.6 Å². The molecule has 1 heterocycles. The molecule has 0 aliphatic rings. The second-order valence-electron chi connectivity index (χ2n) is 4.30. The van der Waals surface area contributed by atoms with E-state index in [9.17, 15) is 0 Å². The van der Waals surface area contributed by atoms with Crippen molar-refractivity contribution in [3.05, 3.63) is 36.2 Å². The fourth-order valence-electron chi connectivity index (χ4n) is 2.03. The Kier molecular flexibility index (Phi) is 4.37. The molecular weight excluding hydrogens is 254 g/mol. The third kappa shape index (κ3) is 2.65. The number of methoxy groups -OCH3 is 1. The van der Waals surface area contributed by atoms with Crippen molar-refractivity contribution in [2.45, 2.75) is 13.8 Å². The van der Waals surface area contributed by atoms with Gasteiger partial charge in [-0.25, -0.2) is 15.8 Å². The SMILES string of the molecule is CCN(c1ccc(C)cc1)c1ncnc(NN)c1OC. The number of hydrogen-bond acceptors (Lipinski definition) is 6. The Morgan fingerprint density at radius 3 is 2.50 bits per heavy atom. The molecule has 0 atom stereocenters. The van der Waals surface area contributed by atoms with Gasteiger partial charge in [0.1, 0.15) is 6.33 Å². The van der Waals surface area contributed by atoms with Crippen molar-refractivity contribution < 1.29 is 4.74 Å². The molecule has 0 aliphatic carbocycles. The van der Waals surface area contributed by atoms with E-state index >= 15 is 0 Å². The number of nitrogens with two attached hydrogens (primary N) is 1. The van der Waals surface area contributed by atoms with E-state index in [2.05, 4.69) is 53.5 Å². The summed E-state index contributed by atoms with van der Waals surface area (Å²) < 4.78 is 5.39. The average molecular weight is 273 g/mol. The molecule has 0 amide bonds. The molecule has 0 spiro atoms. The number of aromatic nitrogens is 2. The summed E-state index contributed by atoms with van der Waals surface area (Å²) in [6, 6.07) is 8.23. The number of nitrogen functional groups attached to an aromatic ring is 1. The smallest absolute Gasteiger partial charge is 0.206 e. The van der Waals surface area contributed by atoms with Gasteiger partial charge >= 0.3 is 0 Å². The molecule has 106 valence electrons. The first-order valence-corrected chi connectivity index (χ1v) is 6.41. The van der Waals surface area contributed by atoms with Gasteiger partial charge < -0.3 is 15.1 Å². The molecule has 0 saturated carbocycles. The molecule has 0 unspecified atom stereocenters.